The summed E-state index contributed by atoms with van der Waals surface area (Å²) in [6.07, 6.45) is 9.07. The lowest BCUT2D eigenvalue weighted by Crippen LogP contribution is -2.15. The van der Waals surface area contributed by atoms with Gasteiger partial charge >= 0.3 is 16.4 Å². The highest BCUT2D eigenvalue weighted by molar-refractivity contribution is 7.81. The van der Waals surface area contributed by atoms with Gasteiger partial charge in [-0.15, -0.1) is 0 Å². The van der Waals surface area contributed by atoms with Crippen LogP contribution in [0.15, 0.2) is 0 Å². The molecule has 0 unspecified atom stereocenters. The summed E-state index contributed by atoms with van der Waals surface area (Å²) in [5, 5.41) is 24.0. The summed E-state index contributed by atoms with van der Waals surface area (Å²) >= 11 is 0. The number of aliphatic hydroxyl groups excluding tert-OH is 3. The van der Waals surface area contributed by atoms with E-state index in [2.05, 4.69) is 11.1 Å². The van der Waals surface area contributed by atoms with Crippen LogP contribution in [0.25, 0.3) is 0 Å². The molecule has 9 heteroatoms. The van der Waals surface area contributed by atoms with Crippen molar-refractivity contribution in [1.29, 1.82) is 0 Å². The maximum absolute atomic E-state index is 10.9. The number of hydrogen-bond donors (Lipinski definition) is 4. The van der Waals surface area contributed by atoms with Crippen molar-refractivity contribution in [2.45, 2.75) is 77.2 Å². The average Bonchev–Trinajstić information content (AvgIpc) is 2.51. The fourth-order valence-corrected chi connectivity index (χ4v) is 2.12. The van der Waals surface area contributed by atoms with Crippen LogP contribution in [-0.2, 0) is 19.4 Å². The molecule has 0 bridgehead atoms. The highest BCUT2D eigenvalue weighted by atomic mass is 32.3. The van der Waals surface area contributed by atoms with Crippen molar-refractivity contribution in [2.24, 2.45) is 0 Å². The van der Waals surface area contributed by atoms with Crippen LogP contribution in [0.4, 0.5) is 0 Å². The van der Waals surface area contributed by atoms with Crippen molar-refractivity contribution in [3.63, 3.8) is 0 Å². The summed E-state index contributed by atoms with van der Waals surface area (Å²) in [4.78, 5) is 10.9. The largest absolute Gasteiger partial charge is 0.448 e. The van der Waals surface area contributed by atoms with Crippen LogP contribution in [0.2, 0.25) is 0 Å². The Kier molecular flexibility index (Phi) is 18.2. The van der Waals surface area contributed by atoms with E-state index in [9.17, 15) is 13.2 Å². The van der Waals surface area contributed by atoms with E-state index >= 15 is 0 Å². The first kappa shape index (κ1) is 25.5. The van der Waals surface area contributed by atoms with E-state index < -0.39 is 22.5 Å². The van der Waals surface area contributed by atoms with E-state index in [4.69, 9.17) is 19.9 Å². The van der Waals surface area contributed by atoms with Gasteiger partial charge in [0.2, 0.25) is 0 Å². The molecule has 0 atom stereocenters. The molecule has 146 valence electrons. The first-order valence-corrected chi connectivity index (χ1v) is 9.72. The zero-order valence-electron chi connectivity index (χ0n) is 14.4. The standard InChI is InChI=1S/C12H24O5S.C3H8O3/c1-2-3-4-5-6-7-8-9-10-11-12(13)17-18(14,15)16;4-1-3(6)2-5/h2-11H2,1H3,(H,14,15,16);3-6H,1-2H2. The molecule has 4 N–H and O–H groups in total. The SMILES string of the molecule is CCCCCCCCCCCC(=O)OS(=O)(=O)O.OCC(O)CO. The highest BCUT2D eigenvalue weighted by Crippen LogP contribution is 2.10. The van der Waals surface area contributed by atoms with E-state index in [1.807, 2.05) is 0 Å². The van der Waals surface area contributed by atoms with Gasteiger partial charge in [0.15, 0.2) is 0 Å². The third-order valence-corrected chi connectivity index (χ3v) is 3.50. The van der Waals surface area contributed by atoms with Crippen molar-refractivity contribution in [3.8, 4) is 0 Å². The van der Waals surface area contributed by atoms with E-state index in [1.165, 1.54) is 32.1 Å². The van der Waals surface area contributed by atoms with Crippen molar-refractivity contribution in [2.75, 3.05) is 13.2 Å². The molecule has 0 aromatic heterocycles. The molecule has 0 saturated heterocycles. The lowest BCUT2D eigenvalue weighted by atomic mass is 10.1. The first-order valence-electron chi connectivity index (χ1n) is 8.36. The van der Waals surface area contributed by atoms with Gasteiger partial charge in [0.05, 0.1) is 13.2 Å². The van der Waals surface area contributed by atoms with Crippen molar-refractivity contribution < 1.29 is 37.3 Å². The van der Waals surface area contributed by atoms with E-state index in [-0.39, 0.29) is 19.6 Å². The Balaban J connectivity index is 0. The lowest BCUT2D eigenvalue weighted by Gasteiger charge is -2.02. The minimum absolute atomic E-state index is 0.0373. The number of unbranched alkanes of at least 4 members (excludes halogenated alkanes) is 8. The molecule has 24 heavy (non-hydrogen) atoms. The van der Waals surface area contributed by atoms with Gasteiger partial charge in [-0.1, -0.05) is 58.3 Å². The molecular weight excluding hydrogens is 340 g/mol. The molecule has 0 aromatic rings. The minimum Gasteiger partial charge on any atom is -0.394 e. The topological polar surface area (TPSA) is 141 Å². The van der Waals surface area contributed by atoms with E-state index in [0.717, 1.165) is 19.3 Å². The molecular formula is C15H32O8S. The Morgan fingerprint density at radius 2 is 1.33 bits per heavy atom. The summed E-state index contributed by atoms with van der Waals surface area (Å²) in [5.74, 6) is -0.888. The molecule has 0 spiro atoms. The number of hydrogen-bond acceptors (Lipinski definition) is 7. The lowest BCUT2D eigenvalue weighted by molar-refractivity contribution is -0.134. The molecule has 0 aromatic carbocycles. The number of aliphatic hydroxyl groups is 3. The smallest absolute Gasteiger partial charge is 0.394 e. The van der Waals surface area contributed by atoms with Crippen molar-refractivity contribution in [1.82, 2.24) is 0 Å². The van der Waals surface area contributed by atoms with Gasteiger partial charge in [0.1, 0.15) is 6.10 Å². The van der Waals surface area contributed by atoms with Crippen LogP contribution < -0.4 is 0 Å². The van der Waals surface area contributed by atoms with Gasteiger partial charge in [0.25, 0.3) is 0 Å². The normalized spacial score (nSPS) is 11.1. The third kappa shape index (κ3) is 23.5. The molecule has 0 radical (unpaired) electrons. The third-order valence-electron chi connectivity index (χ3n) is 3.10. The highest BCUT2D eigenvalue weighted by Gasteiger charge is 2.12. The Morgan fingerprint density at radius 3 is 1.67 bits per heavy atom. The van der Waals surface area contributed by atoms with E-state index in [0.29, 0.717) is 6.42 Å². The summed E-state index contributed by atoms with van der Waals surface area (Å²) in [6, 6.07) is 0. The molecule has 0 rings (SSSR count). The van der Waals surface area contributed by atoms with Crippen LogP contribution in [0.1, 0.15) is 71.1 Å². The van der Waals surface area contributed by atoms with Gasteiger partial charge < -0.3 is 19.5 Å². The van der Waals surface area contributed by atoms with Gasteiger partial charge in [-0.05, 0) is 6.42 Å². The monoisotopic (exact) mass is 372 g/mol. The van der Waals surface area contributed by atoms with Crippen LogP contribution in [0.3, 0.4) is 0 Å². The molecule has 0 heterocycles. The second kappa shape index (κ2) is 17.1. The van der Waals surface area contributed by atoms with Crippen molar-refractivity contribution >= 4 is 16.4 Å². The fourth-order valence-electron chi connectivity index (χ4n) is 1.80. The number of rotatable bonds is 13. The molecule has 8 nitrogen and oxygen atoms in total. The van der Waals surface area contributed by atoms with Gasteiger partial charge in [0, 0.05) is 6.42 Å². The first-order chi connectivity index (χ1) is 11.3. The summed E-state index contributed by atoms with van der Waals surface area (Å²) in [5.41, 5.74) is 0. The number of carbonyl (C=O) groups is 1. The Bertz CT molecular complexity index is 379. The zero-order valence-corrected chi connectivity index (χ0v) is 15.2. The predicted molar refractivity (Wildman–Crippen MR) is 89.7 cm³/mol. The van der Waals surface area contributed by atoms with Crippen LogP contribution >= 0.6 is 0 Å². The quantitative estimate of drug-likeness (QED) is 0.282. The summed E-state index contributed by atoms with van der Waals surface area (Å²) in [7, 11) is -4.63. The molecule has 0 aliphatic rings. The Morgan fingerprint density at radius 1 is 0.917 bits per heavy atom. The average molecular weight is 372 g/mol. The second-order valence-corrected chi connectivity index (χ2v) is 6.50. The second-order valence-electron chi connectivity index (χ2n) is 5.48. The minimum atomic E-state index is -4.63. The van der Waals surface area contributed by atoms with E-state index in [1.54, 1.807) is 0 Å². The van der Waals surface area contributed by atoms with Crippen LogP contribution in [0.5, 0.6) is 0 Å². The summed E-state index contributed by atoms with van der Waals surface area (Å²) in [6.45, 7) is 1.46. The van der Waals surface area contributed by atoms with Gasteiger partial charge in [-0.25, -0.2) is 0 Å². The molecule has 0 aliphatic carbocycles. The molecule has 0 amide bonds. The number of carbonyl (C=O) groups excluding carboxylic acids is 1. The molecule has 0 saturated carbocycles. The molecule has 0 fully saturated rings. The Labute approximate surface area is 144 Å². The fraction of sp³-hybridized carbons (Fsp3) is 0.933. The molecule has 0 aliphatic heterocycles. The summed E-state index contributed by atoms with van der Waals surface area (Å²) < 4.78 is 32.5. The van der Waals surface area contributed by atoms with Gasteiger partial charge in [-0.3, -0.25) is 9.35 Å². The zero-order chi connectivity index (χ0) is 18.8. The van der Waals surface area contributed by atoms with Crippen molar-refractivity contribution in [3.05, 3.63) is 0 Å². The predicted octanol–water partition coefficient (Wildman–Crippen LogP) is 1.59. The van der Waals surface area contributed by atoms with Crippen LogP contribution in [-0.4, -0.2) is 53.6 Å². The van der Waals surface area contributed by atoms with Crippen LogP contribution in [0, 0.1) is 0 Å². The maximum Gasteiger partial charge on any atom is 0.448 e. The van der Waals surface area contributed by atoms with Gasteiger partial charge in [-0.2, -0.15) is 8.42 Å². The maximum atomic E-state index is 10.9. The Hall–Kier alpha value is -0.740.